The first-order valence-corrected chi connectivity index (χ1v) is 11.4. The molecule has 13 heteroatoms. The summed E-state index contributed by atoms with van der Waals surface area (Å²) in [7, 11) is 3.32. The number of nitrogens with one attached hydrogen (secondary N) is 2. The average Bonchev–Trinajstić information content (AvgIpc) is 3.36. The molecule has 2 N–H and O–H groups in total. The van der Waals surface area contributed by atoms with Gasteiger partial charge in [-0.15, -0.1) is 0 Å². The van der Waals surface area contributed by atoms with Crippen molar-refractivity contribution >= 4 is 34.1 Å². The summed E-state index contributed by atoms with van der Waals surface area (Å²) in [6.45, 7) is 2.72. The van der Waals surface area contributed by atoms with Crippen LogP contribution < -0.4 is 14.8 Å². The fourth-order valence-electron chi connectivity index (χ4n) is 3.61. The molecule has 11 nitrogen and oxygen atoms in total. The predicted molar refractivity (Wildman–Crippen MR) is 131 cm³/mol. The summed E-state index contributed by atoms with van der Waals surface area (Å²) < 4.78 is 37.3. The number of ether oxygens (including phenoxy) is 2. The summed E-state index contributed by atoms with van der Waals surface area (Å²) in [4.78, 5) is 37.8. The van der Waals surface area contributed by atoms with Crippen LogP contribution in [0.5, 0.6) is 11.5 Å². The first-order chi connectivity index (χ1) is 17.4. The minimum absolute atomic E-state index is 0.0498. The SMILES string of the molecule is CN(C)C(=O)CCn1nc(-c2cnc3[nH]cc(OC(=O)NC(C)(C)C)c3n2)c2cc(OC(F)F)ccc21. The molecule has 196 valence electrons. The van der Waals surface area contributed by atoms with E-state index in [1.54, 1.807) is 24.8 Å². The van der Waals surface area contributed by atoms with Crippen LogP contribution in [0.3, 0.4) is 0 Å². The zero-order valence-corrected chi connectivity index (χ0v) is 21.0. The molecule has 0 aliphatic carbocycles. The molecule has 3 heterocycles. The molecule has 4 rings (SSSR count). The Morgan fingerprint density at radius 1 is 1.24 bits per heavy atom. The largest absolute Gasteiger partial charge is 0.435 e. The quantitative estimate of drug-likeness (QED) is 0.382. The Hall–Kier alpha value is -4.29. The van der Waals surface area contributed by atoms with E-state index >= 15 is 0 Å². The molecule has 0 bridgehead atoms. The van der Waals surface area contributed by atoms with Crippen LogP contribution >= 0.6 is 0 Å². The lowest BCUT2D eigenvalue weighted by Crippen LogP contribution is -2.42. The number of H-pyrrole nitrogens is 1. The van der Waals surface area contributed by atoms with Crippen molar-refractivity contribution in [2.24, 2.45) is 0 Å². The average molecular weight is 516 g/mol. The van der Waals surface area contributed by atoms with E-state index in [0.29, 0.717) is 27.9 Å². The number of amides is 2. The number of alkyl halides is 2. The van der Waals surface area contributed by atoms with Crippen LogP contribution in [-0.2, 0) is 11.3 Å². The Kier molecular flexibility index (Phi) is 6.96. The van der Waals surface area contributed by atoms with Gasteiger partial charge in [-0.2, -0.15) is 13.9 Å². The van der Waals surface area contributed by atoms with Gasteiger partial charge in [-0.1, -0.05) is 0 Å². The molecule has 0 aliphatic rings. The predicted octanol–water partition coefficient (Wildman–Crippen LogP) is 3.94. The topological polar surface area (TPSA) is 127 Å². The highest BCUT2D eigenvalue weighted by molar-refractivity contribution is 5.94. The molecule has 0 aliphatic heterocycles. The van der Waals surface area contributed by atoms with E-state index in [2.05, 4.69) is 30.1 Å². The van der Waals surface area contributed by atoms with Crippen LogP contribution in [0.1, 0.15) is 27.2 Å². The lowest BCUT2D eigenvalue weighted by Gasteiger charge is -2.19. The van der Waals surface area contributed by atoms with E-state index in [1.165, 1.54) is 29.4 Å². The van der Waals surface area contributed by atoms with Gasteiger partial charge in [0.2, 0.25) is 5.91 Å². The van der Waals surface area contributed by atoms with Gasteiger partial charge >= 0.3 is 12.7 Å². The first kappa shape index (κ1) is 25.8. The van der Waals surface area contributed by atoms with E-state index in [1.807, 2.05) is 20.8 Å². The molecule has 0 fully saturated rings. The molecule has 2 amide bonds. The molecule has 3 aromatic heterocycles. The van der Waals surface area contributed by atoms with Gasteiger partial charge in [0.1, 0.15) is 17.1 Å². The van der Waals surface area contributed by atoms with Crippen LogP contribution in [0.25, 0.3) is 33.5 Å². The van der Waals surface area contributed by atoms with Crippen molar-refractivity contribution in [2.45, 2.75) is 45.9 Å². The standard InChI is InChI=1S/C24H27F2N7O4/c1-24(2,3)30-23(35)37-17-12-28-21-20(17)29-15(11-27-21)19-14-10-13(36-22(25)26)6-7-16(14)33(31-19)9-8-18(34)32(4)5/h6-7,10-12,22H,8-9H2,1-5H3,(H,27,28)(H,30,35). The van der Waals surface area contributed by atoms with Crippen molar-refractivity contribution in [3.63, 3.8) is 0 Å². The van der Waals surface area contributed by atoms with Gasteiger partial charge in [0.15, 0.2) is 16.9 Å². The number of nitrogens with zero attached hydrogens (tertiary/aromatic N) is 5. The van der Waals surface area contributed by atoms with Crippen LogP contribution in [0.4, 0.5) is 13.6 Å². The smallest absolute Gasteiger partial charge is 0.413 e. The second-order valence-electron chi connectivity index (χ2n) is 9.54. The van der Waals surface area contributed by atoms with E-state index < -0.39 is 18.2 Å². The maximum Gasteiger partial charge on any atom is 0.413 e. The molecule has 0 atom stereocenters. The molecule has 0 radical (unpaired) electrons. The van der Waals surface area contributed by atoms with Crippen molar-refractivity contribution in [2.75, 3.05) is 14.1 Å². The summed E-state index contributed by atoms with van der Waals surface area (Å²) in [6, 6.07) is 4.44. The normalized spacial score (nSPS) is 11.8. The monoisotopic (exact) mass is 515 g/mol. The van der Waals surface area contributed by atoms with Gasteiger partial charge in [-0.3, -0.25) is 9.48 Å². The Balaban J connectivity index is 1.76. The van der Waals surface area contributed by atoms with Gasteiger partial charge in [0.05, 0.1) is 18.3 Å². The third kappa shape index (κ3) is 5.93. The summed E-state index contributed by atoms with van der Waals surface area (Å²) in [5, 5.41) is 7.79. The number of fused-ring (bicyclic) bond motifs is 2. The van der Waals surface area contributed by atoms with Crippen LogP contribution in [0, 0.1) is 0 Å². The molecule has 4 aromatic rings. The maximum absolute atomic E-state index is 12.9. The second-order valence-corrected chi connectivity index (χ2v) is 9.54. The number of carbonyl (C=O) groups is 2. The Labute approximate surface area is 210 Å². The lowest BCUT2D eigenvalue weighted by atomic mass is 10.1. The highest BCUT2D eigenvalue weighted by Gasteiger charge is 2.21. The lowest BCUT2D eigenvalue weighted by molar-refractivity contribution is -0.128. The molecule has 0 saturated carbocycles. The van der Waals surface area contributed by atoms with Crippen molar-refractivity contribution in [1.82, 2.24) is 34.9 Å². The molecule has 0 saturated heterocycles. The summed E-state index contributed by atoms with van der Waals surface area (Å²) >= 11 is 0. The summed E-state index contributed by atoms with van der Waals surface area (Å²) in [5.74, 6) is 0.0195. The van der Waals surface area contributed by atoms with Crippen molar-refractivity contribution in [3.8, 4) is 22.9 Å². The van der Waals surface area contributed by atoms with Crippen molar-refractivity contribution < 1.29 is 27.8 Å². The molecular formula is C24H27F2N7O4. The van der Waals surface area contributed by atoms with Gasteiger partial charge in [-0.05, 0) is 39.0 Å². The number of hydrogen-bond acceptors (Lipinski definition) is 7. The molecule has 1 aromatic carbocycles. The van der Waals surface area contributed by atoms with Crippen LogP contribution in [0.15, 0.2) is 30.6 Å². The molecule has 0 spiro atoms. The van der Waals surface area contributed by atoms with Crippen molar-refractivity contribution in [1.29, 1.82) is 0 Å². The number of hydrogen-bond donors (Lipinski definition) is 2. The first-order valence-electron chi connectivity index (χ1n) is 11.4. The van der Waals surface area contributed by atoms with Gasteiger partial charge < -0.3 is 24.7 Å². The summed E-state index contributed by atoms with van der Waals surface area (Å²) in [6.07, 6.45) is 2.46. The zero-order valence-electron chi connectivity index (χ0n) is 21.0. The number of benzene rings is 1. The third-order valence-electron chi connectivity index (χ3n) is 5.25. The van der Waals surface area contributed by atoms with E-state index in [0.717, 1.165) is 0 Å². The van der Waals surface area contributed by atoms with Crippen LogP contribution in [-0.4, -0.2) is 67.9 Å². The minimum atomic E-state index is -3.00. The summed E-state index contributed by atoms with van der Waals surface area (Å²) in [5.41, 5.74) is 1.41. The number of rotatable bonds is 7. The maximum atomic E-state index is 12.9. The third-order valence-corrected chi connectivity index (χ3v) is 5.25. The van der Waals surface area contributed by atoms with Gasteiger partial charge in [0, 0.05) is 37.6 Å². The molecular weight excluding hydrogens is 488 g/mol. The van der Waals surface area contributed by atoms with E-state index in [4.69, 9.17) is 4.74 Å². The van der Waals surface area contributed by atoms with E-state index in [9.17, 15) is 18.4 Å². The van der Waals surface area contributed by atoms with Gasteiger partial charge in [-0.25, -0.2) is 14.8 Å². The fraction of sp³-hybridized carbons (Fsp3) is 0.375. The number of halogens is 2. The molecule has 37 heavy (non-hydrogen) atoms. The number of aromatic amines is 1. The Bertz CT molecular complexity index is 1460. The highest BCUT2D eigenvalue weighted by atomic mass is 19.3. The minimum Gasteiger partial charge on any atom is -0.435 e. The molecule has 0 unspecified atom stereocenters. The Morgan fingerprint density at radius 3 is 2.68 bits per heavy atom. The zero-order chi connectivity index (χ0) is 26.9. The number of carbonyl (C=O) groups excluding carboxylic acids is 2. The number of aryl methyl sites for hydroxylation is 1. The Morgan fingerprint density at radius 2 is 2.00 bits per heavy atom. The number of aromatic nitrogens is 5. The van der Waals surface area contributed by atoms with Crippen LogP contribution in [0.2, 0.25) is 0 Å². The fourth-order valence-corrected chi connectivity index (χ4v) is 3.61. The second kappa shape index (κ2) is 9.99. The van der Waals surface area contributed by atoms with E-state index in [-0.39, 0.29) is 35.9 Å². The highest BCUT2D eigenvalue weighted by Crippen LogP contribution is 2.32. The van der Waals surface area contributed by atoms with Gasteiger partial charge in [0.25, 0.3) is 0 Å². The van der Waals surface area contributed by atoms with Crippen molar-refractivity contribution in [3.05, 3.63) is 30.6 Å².